The lowest BCUT2D eigenvalue weighted by Gasteiger charge is -2.08. The molecular formula is C16H24N4O. The molecule has 0 radical (unpaired) electrons. The van der Waals surface area contributed by atoms with Crippen molar-refractivity contribution >= 4 is 5.78 Å². The molecule has 0 aliphatic heterocycles. The SMILES string of the molecule is CCc1cc(C(=O)Cc2ccn(C(C)CC)n2)n(CC)n1. The van der Waals surface area contributed by atoms with Crippen LogP contribution in [0.2, 0.25) is 0 Å². The number of hydrogen-bond donors (Lipinski definition) is 0. The van der Waals surface area contributed by atoms with Gasteiger partial charge in [-0.3, -0.25) is 14.2 Å². The fourth-order valence-corrected chi connectivity index (χ4v) is 2.27. The minimum atomic E-state index is 0.0819. The Morgan fingerprint density at radius 3 is 2.62 bits per heavy atom. The lowest BCUT2D eigenvalue weighted by molar-refractivity contribution is 0.0981. The average molecular weight is 288 g/mol. The molecule has 2 rings (SSSR count). The van der Waals surface area contributed by atoms with Crippen LogP contribution in [0.5, 0.6) is 0 Å². The van der Waals surface area contributed by atoms with Crippen molar-refractivity contribution < 1.29 is 4.79 Å². The highest BCUT2D eigenvalue weighted by molar-refractivity contribution is 5.95. The smallest absolute Gasteiger partial charge is 0.186 e. The summed E-state index contributed by atoms with van der Waals surface area (Å²) in [5.41, 5.74) is 2.47. The Kier molecular flexibility index (Phi) is 4.94. The van der Waals surface area contributed by atoms with Crippen molar-refractivity contribution in [1.82, 2.24) is 19.6 Å². The molecule has 1 unspecified atom stereocenters. The zero-order chi connectivity index (χ0) is 15.4. The Morgan fingerprint density at radius 2 is 2.00 bits per heavy atom. The molecular weight excluding hydrogens is 264 g/mol. The van der Waals surface area contributed by atoms with Crippen molar-refractivity contribution in [3.8, 4) is 0 Å². The molecule has 0 saturated heterocycles. The first-order valence-corrected chi connectivity index (χ1v) is 7.72. The summed E-state index contributed by atoms with van der Waals surface area (Å²) < 4.78 is 3.71. The molecule has 1 atom stereocenters. The van der Waals surface area contributed by atoms with E-state index < -0.39 is 0 Å². The number of ketones is 1. The fraction of sp³-hybridized carbons (Fsp3) is 0.562. The second-order valence-electron chi connectivity index (χ2n) is 5.33. The first-order valence-electron chi connectivity index (χ1n) is 7.72. The van der Waals surface area contributed by atoms with Crippen LogP contribution in [0.1, 0.15) is 62.0 Å². The van der Waals surface area contributed by atoms with E-state index in [1.807, 2.05) is 36.9 Å². The number of aryl methyl sites for hydroxylation is 2. The first-order chi connectivity index (χ1) is 10.1. The summed E-state index contributed by atoms with van der Waals surface area (Å²) in [5.74, 6) is 0.0819. The van der Waals surface area contributed by atoms with E-state index >= 15 is 0 Å². The van der Waals surface area contributed by atoms with Crippen LogP contribution >= 0.6 is 0 Å². The van der Waals surface area contributed by atoms with Crippen molar-refractivity contribution in [3.05, 3.63) is 35.4 Å². The Morgan fingerprint density at radius 1 is 1.24 bits per heavy atom. The highest BCUT2D eigenvalue weighted by Gasteiger charge is 2.16. The van der Waals surface area contributed by atoms with Crippen molar-refractivity contribution in [2.75, 3.05) is 0 Å². The molecule has 2 aromatic heterocycles. The van der Waals surface area contributed by atoms with Crippen LogP contribution in [-0.2, 0) is 19.4 Å². The van der Waals surface area contributed by atoms with E-state index in [0.717, 1.165) is 24.2 Å². The van der Waals surface area contributed by atoms with E-state index in [2.05, 4.69) is 24.0 Å². The lowest BCUT2D eigenvalue weighted by Crippen LogP contribution is -2.12. The monoisotopic (exact) mass is 288 g/mol. The quantitative estimate of drug-likeness (QED) is 0.736. The van der Waals surface area contributed by atoms with Crippen LogP contribution in [0.25, 0.3) is 0 Å². The predicted octanol–water partition coefficient (Wildman–Crippen LogP) is 3.06. The van der Waals surface area contributed by atoms with Gasteiger partial charge < -0.3 is 0 Å². The molecule has 0 bridgehead atoms. The predicted molar refractivity (Wildman–Crippen MR) is 82.5 cm³/mol. The summed E-state index contributed by atoms with van der Waals surface area (Å²) >= 11 is 0. The highest BCUT2D eigenvalue weighted by atomic mass is 16.1. The third-order valence-corrected chi connectivity index (χ3v) is 3.83. The molecule has 5 nitrogen and oxygen atoms in total. The number of carbonyl (C=O) groups excluding carboxylic acids is 1. The summed E-state index contributed by atoms with van der Waals surface area (Å²) in [4.78, 5) is 12.5. The Hall–Kier alpha value is -1.91. The average Bonchev–Trinajstić information content (AvgIpc) is 3.12. The summed E-state index contributed by atoms with van der Waals surface area (Å²) in [6, 6.07) is 4.19. The first kappa shape index (κ1) is 15.5. The molecule has 2 heterocycles. The van der Waals surface area contributed by atoms with Gasteiger partial charge in [0.05, 0.1) is 17.8 Å². The normalized spacial score (nSPS) is 12.6. The topological polar surface area (TPSA) is 52.7 Å². The van der Waals surface area contributed by atoms with E-state index in [-0.39, 0.29) is 5.78 Å². The van der Waals surface area contributed by atoms with Gasteiger partial charge in [0.1, 0.15) is 5.69 Å². The largest absolute Gasteiger partial charge is 0.292 e. The number of Topliss-reactive ketones (excluding diaryl/α,β-unsaturated/α-hetero) is 1. The third kappa shape index (κ3) is 3.40. The molecule has 0 N–H and O–H groups in total. The zero-order valence-corrected chi connectivity index (χ0v) is 13.3. The Labute approximate surface area is 126 Å². The van der Waals surface area contributed by atoms with Crippen LogP contribution < -0.4 is 0 Å². The van der Waals surface area contributed by atoms with Gasteiger partial charge in [-0.05, 0) is 38.8 Å². The van der Waals surface area contributed by atoms with Crippen molar-refractivity contribution in [2.45, 2.75) is 59.5 Å². The van der Waals surface area contributed by atoms with Crippen molar-refractivity contribution in [3.63, 3.8) is 0 Å². The second kappa shape index (κ2) is 6.70. The lowest BCUT2D eigenvalue weighted by atomic mass is 10.1. The maximum atomic E-state index is 12.5. The molecule has 21 heavy (non-hydrogen) atoms. The van der Waals surface area contributed by atoms with E-state index in [0.29, 0.717) is 24.7 Å². The Balaban J connectivity index is 2.14. The minimum absolute atomic E-state index is 0.0819. The van der Waals surface area contributed by atoms with Crippen molar-refractivity contribution in [1.29, 1.82) is 0 Å². The van der Waals surface area contributed by atoms with Gasteiger partial charge in [-0.15, -0.1) is 0 Å². The van der Waals surface area contributed by atoms with Crippen LogP contribution in [0.15, 0.2) is 18.3 Å². The van der Waals surface area contributed by atoms with Gasteiger partial charge in [0.2, 0.25) is 0 Å². The van der Waals surface area contributed by atoms with Crippen LogP contribution in [0.3, 0.4) is 0 Å². The molecule has 0 aromatic carbocycles. The molecule has 5 heteroatoms. The number of carbonyl (C=O) groups is 1. The number of aromatic nitrogens is 4. The van der Waals surface area contributed by atoms with Gasteiger partial charge in [-0.2, -0.15) is 10.2 Å². The van der Waals surface area contributed by atoms with E-state index in [1.165, 1.54) is 0 Å². The summed E-state index contributed by atoms with van der Waals surface area (Å²) in [6.45, 7) is 9.01. The molecule has 0 amide bonds. The molecule has 0 aliphatic carbocycles. The van der Waals surface area contributed by atoms with Gasteiger partial charge in [0.25, 0.3) is 0 Å². The molecule has 0 aliphatic rings. The fourth-order valence-electron chi connectivity index (χ4n) is 2.27. The van der Waals surface area contributed by atoms with Gasteiger partial charge in [-0.25, -0.2) is 0 Å². The van der Waals surface area contributed by atoms with Gasteiger partial charge in [0.15, 0.2) is 5.78 Å². The molecule has 0 fully saturated rings. The van der Waals surface area contributed by atoms with E-state index in [9.17, 15) is 4.79 Å². The maximum absolute atomic E-state index is 12.5. The molecule has 2 aromatic rings. The van der Waals surface area contributed by atoms with E-state index in [4.69, 9.17) is 0 Å². The maximum Gasteiger partial charge on any atom is 0.186 e. The molecule has 0 saturated carbocycles. The van der Waals surface area contributed by atoms with Crippen LogP contribution in [0.4, 0.5) is 0 Å². The van der Waals surface area contributed by atoms with Crippen LogP contribution in [-0.4, -0.2) is 25.3 Å². The number of hydrogen-bond acceptors (Lipinski definition) is 3. The second-order valence-corrected chi connectivity index (χ2v) is 5.33. The van der Waals surface area contributed by atoms with Crippen LogP contribution in [0, 0.1) is 0 Å². The third-order valence-electron chi connectivity index (χ3n) is 3.83. The molecule has 0 spiro atoms. The minimum Gasteiger partial charge on any atom is -0.292 e. The van der Waals surface area contributed by atoms with E-state index in [1.54, 1.807) is 4.68 Å². The zero-order valence-electron chi connectivity index (χ0n) is 13.3. The highest BCUT2D eigenvalue weighted by Crippen LogP contribution is 2.12. The summed E-state index contributed by atoms with van der Waals surface area (Å²) in [7, 11) is 0. The summed E-state index contributed by atoms with van der Waals surface area (Å²) in [6.07, 6.45) is 4.15. The number of nitrogens with zero attached hydrogens (tertiary/aromatic N) is 4. The van der Waals surface area contributed by atoms with Gasteiger partial charge >= 0.3 is 0 Å². The standard InChI is InChI=1S/C16H24N4O/c1-5-12(4)20-9-8-14(18-20)11-16(21)15-10-13(6-2)17-19(15)7-3/h8-10,12H,5-7,11H2,1-4H3. The van der Waals surface area contributed by atoms with Gasteiger partial charge in [0, 0.05) is 18.8 Å². The Bertz CT molecular complexity index is 612. The number of rotatable bonds is 7. The molecule has 114 valence electrons. The van der Waals surface area contributed by atoms with Gasteiger partial charge in [-0.1, -0.05) is 13.8 Å². The summed E-state index contributed by atoms with van der Waals surface area (Å²) in [5, 5.41) is 8.92. The van der Waals surface area contributed by atoms with Crippen molar-refractivity contribution in [2.24, 2.45) is 0 Å².